The van der Waals surface area contributed by atoms with Crippen LogP contribution >= 0.6 is 22.6 Å². The van der Waals surface area contributed by atoms with Crippen molar-refractivity contribution >= 4 is 28.6 Å². The van der Waals surface area contributed by atoms with E-state index in [-0.39, 0.29) is 5.56 Å². The van der Waals surface area contributed by atoms with E-state index in [1.54, 1.807) is 16.8 Å². The quantitative estimate of drug-likeness (QED) is 0.803. The Morgan fingerprint density at radius 2 is 2.20 bits per heavy atom. The molecule has 0 amide bonds. The topological polar surface area (TPSA) is 64.3 Å². The molecule has 0 aliphatic heterocycles. The molecule has 0 radical (unpaired) electrons. The number of hydrogen-bond donors (Lipinski definition) is 1. The summed E-state index contributed by atoms with van der Waals surface area (Å²) < 4.78 is 8.25. The van der Waals surface area contributed by atoms with Crippen molar-refractivity contribution in [2.75, 3.05) is 0 Å². The zero-order valence-corrected chi connectivity index (χ0v) is 13.4. The number of nitrogens with zero attached hydrogens (tertiary/aromatic N) is 2. The molecular formula is C14H15IN2O3. The molecule has 1 heterocycles. The van der Waals surface area contributed by atoms with Gasteiger partial charge in [-0.25, -0.2) is 4.79 Å². The maximum Gasteiger partial charge on any atom is 0.339 e. The summed E-state index contributed by atoms with van der Waals surface area (Å²) >= 11 is 2.08. The van der Waals surface area contributed by atoms with E-state index in [9.17, 15) is 9.90 Å². The highest BCUT2D eigenvalue weighted by Gasteiger charge is 2.13. The number of halogens is 1. The van der Waals surface area contributed by atoms with Crippen molar-refractivity contribution in [3.05, 3.63) is 44.8 Å². The van der Waals surface area contributed by atoms with Crippen molar-refractivity contribution in [1.29, 1.82) is 0 Å². The van der Waals surface area contributed by atoms with Crippen LogP contribution in [0.15, 0.2) is 24.3 Å². The third-order valence-corrected chi connectivity index (χ3v) is 3.61. The van der Waals surface area contributed by atoms with Crippen molar-refractivity contribution < 1.29 is 14.6 Å². The predicted molar refractivity (Wildman–Crippen MR) is 83.0 cm³/mol. The smallest absolute Gasteiger partial charge is 0.339 e. The molecule has 0 bridgehead atoms. The monoisotopic (exact) mass is 386 g/mol. The van der Waals surface area contributed by atoms with Gasteiger partial charge in [0.2, 0.25) is 0 Å². The highest BCUT2D eigenvalue weighted by molar-refractivity contribution is 14.1. The van der Waals surface area contributed by atoms with Gasteiger partial charge in [-0.1, -0.05) is 6.92 Å². The maximum atomic E-state index is 11.2. The van der Waals surface area contributed by atoms with Gasteiger partial charge in [-0.3, -0.25) is 4.68 Å². The Hall–Kier alpha value is -1.57. The van der Waals surface area contributed by atoms with Gasteiger partial charge in [0.05, 0.1) is 11.4 Å². The van der Waals surface area contributed by atoms with Gasteiger partial charge in [-0.05, 0) is 53.3 Å². The number of aromatic nitrogens is 2. The first kappa shape index (κ1) is 14.8. The van der Waals surface area contributed by atoms with Crippen molar-refractivity contribution in [1.82, 2.24) is 9.78 Å². The molecule has 0 aliphatic carbocycles. The molecule has 5 nitrogen and oxygen atoms in total. The summed E-state index contributed by atoms with van der Waals surface area (Å²) in [7, 11) is 1.85. The number of carboxylic acids is 1. The molecule has 2 aromatic rings. The number of rotatable bonds is 5. The zero-order chi connectivity index (χ0) is 14.7. The van der Waals surface area contributed by atoms with Gasteiger partial charge in [0, 0.05) is 10.6 Å². The average Bonchev–Trinajstić information content (AvgIpc) is 2.78. The van der Waals surface area contributed by atoms with Gasteiger partial charge in [0.1, 0.15) is 17.9 Å². The van der Waals surface area contributed by atoms with Gasteiger partial charge in [-0.15, -0.1) is 0 Å². The van der Waals surface area contributed by atoms with Crippen LogP contribution in [0.5, 0.6) is 5.75 Å². The summed E-state index contributed by atoms with van der Waals surface area (Å²) in [5.74, 6) is -0.616. The van der Waals surface area contributed by atoms with E-state index in [1.807, 2.05) is 26.1 Å². The molecule has 0 saturated heterocycles. The minimum absolute atomic E-state index is 0.176. The molecule has 1 aromatic heterocycles. The van der Waals surface area contributed by atoms with Crippen LogP contribution < -0.4 is 4.74 Å². The minimum atomic E-state index is -0.988. The molecule has 106 valence electrons. The zero-order valence-electron chi connectivity index (χ0n) is 11.3. The highest BCUT2D eigenvalue weighted by atomic mass is 127. The van der Waals surface area contributed by atoms with Crippen LogP contribution in [-0.4, -0.2) is 20.9 Å². The summed E-state index contributed by atoms with van der Waals surface area (Å²) in [4.78, 5) is 11.2. The second kappa shape index (κ2) is 6.25. The second-order valence-corrected chi connectivity index (χ2v) is 5.58. The van der Waals surface area contributed by atoms with Crippen molar-refractivity contribution in [3.8, 4) is 5.75 Å². The number of hydrogen-bond acceptors (Lipinski definition) is 3. The lowest BCUT2D eigenvalue weighted by Crippen LogP contribution is -2.06. The Balaban J connectivity index is 2.18. The Kier molecular flexibility index (Phi) is 4.64. The van der Waals surface area contributed by atoms with Gasteiger partial charge in [0.25, 0.3) is 0 Å². The number of carbonyl (C=O) groups is 1. The SMILES string of the molecule is CCc1cc(COc2ccc(I)cc2C(=O)O)n(C)n1. The van der Waals surface area contributed by atoms with Crippen LogP contribution in [0.2, 0.25) is 0 Å². The molecule has 1 aromatic carbocycles. The Morgan fingerprint density at radius 3 is 2.80 bits per heavy atom. The fourth-order valence-corrected chi connectivity index (χ4v) is 2.32. The lowest BCUT2D eigenvalue weighted by molar-refractivity contribution is 0.0691. The van der Waals surface area contributed by atoms with E-state index in [0.29, 0.717) is 12.4 Å². The van der Waals surface area contributed by atoms with E-state index in [2.05, 4.69) is 27.7 Å². The van der Waals surface area contributed by atoms with Crippen LogP contribution in [0.4, 0.5) is 0 Å². The minimum Gasteiger partial charge on any atom is -0.486 e. The van der Waals surface area contributed by atoms with E-state index in [1.165, 1.54) is 0 Å². The normalized spacial score (nSPS) is 10.6. The fraction of sp³-hybridized carbons (Fsp3) is 0.286. The first-order chi connectivity index (χ1) is 9.51. The van der Waals surface area contributed by atoms with Crippen molar-refractivity contribution in [2.45, 2.75) is 20.0 Å². The van der Waals surface area contributed by atoms with Crippen LogP contribution in [-0.2, 0) is 20.1 Å². The molecule has 0 aliphatic rings. The summed E-state index contributed by atoms with van der Waals surface area (Å²) in [6.45, 7) is 2.33. The van der Waals surface area contributed by atoms with Gasteiger partial charge < -0.3 is 9.84 Å². The number of aryl methyl sites for hydroxylation is 2. The summed E-state index contributed by atoms with van der Waals surface area (Å²) in [6, 6.07) is 7.07. The number of ether oxygens (including phenoxy) is 1. The largest absolute Gasteiger partial charge is 0.486 e. The van der Waals surface area contributed by atoms with Crippen LogP contribution in [0, 0.1) is 3.57 Å². The highest BCUT2D eigenvalue weighted by Crippen LogP contribution is 2.22. The van der Waals surface area contributed by atoms with Crippen molar-refractivity contribution in [2.24, 2.45) is 7.05 Å². The number of aromatic carboxylic acids is 1. The lowest BCUT2D eigenvalue weighted by Gasteiger charge is -2.09. The van der Waals surface area contributed by atoms with Crippen LogP contribution in [0.1, 0.15) is 28.7 Å². The predicted octanol–water partition coefficient (Wildman–Crippen LogP) is 2.86. The standard InChI is InChI=1S/C14H15IN2O3/c1-3-10-7-11(17(2)16-10)8-20-13-5-4-9(15)6-12(13)14(18)19/h4-7H,3,8H2,1-2H3,(H,18,19). The molecule has 0 atom stereocenters. The van der Waals surface area contributed by atoms with E-state index < -0.39 is 5.97 Å². The van der Waals surface area contributed by atoms with Gasteiger partial charge in [0.15, 0.2) is 0 Å². The Labute approximate surface area is 130 Å². The summed E-state index contributed by atoms with van der Waals surface area (Å²) in [5.41, 5.74) is 2.08. The van der Waals surface area contributed by atoms with Gasteiger partial charge in [-0.2, -0.15) is 5.10 Å². The van der Waals surface area contributed by atoms with E-state index in [0.717, 1.165) is 21.4 Å². The molecule has 0 fully saturated rings. The van der Waals surface area contributed by atoms with E-state index >= 15 is 0 Å². The average molecular weight is 386 g/mol. The molecule has 0 spiro atoms. The Bertz CT molecular complexity index is 637. The molecule has 6 heteroatoms. The molecule has 2 rings (SSSR count). The first-order valence-electron chi connectivity index (χ1n) is 6.18. The molecular weight excluding hydrogens is 371 g/mol. The number of carboxylic acid groups (broad SMARTS) is 1. The van der Waals surface area contributed by atoms with Gasteiger partial charge >= 0.3 is 5.97 Å². The third kappa shape index (κ3) is 3.30. The van der Waals surface area contributed by atoms with Crippen molar-refractivity contribution in [3.63, 3.8) is 0 Å². The Morgan fingerprint density at radius 1 is 1.45 bits per heavy atom. The molecule has 20 heavy (non-hydrogen) atoms. The molecule has 0 unspecified atom stereocenters. The second-order valence-electron chi connectivity index (χ2n) is 4.34. The lowest BCUT2D eigenvalue weighted by atomic mass is 10.2. The first-order valence-corrected chi connectivity index (χ1v) is 7.26. The van der Waals surface area contributed by atoms with E-state index in [4.69, 9.17) is 4.74 Å². The fourth-order valence-electron chi connectivity index (χ4n) is 1.83. The maximum absolute atomic E-state index is 11.2. The molecule has 0 saturated carbocycles. The van der Waals surface area contributed by atoms with Crippen LogP contribution in [0.25, 0.3) is 0 Å². The summed E-state index contributed by atoms with van der Waals surface area (Å²) in [6.07, 6.45) is 0.859. The van der Waals surface area contributed by atoms with Crippen LogP contribution in [0.3, 0.4) is 0 Å². The third-order valence-electron chi connectivity index (χ3n) is 2.94. The summed E-state index contributed by atoms with van der Waals surface area (Å²) in [5, 5.41) is 13.5. The number of benzene rings is 1. The molecule has 1 N–H and O–H groups in total.